The molecule has 0 spiro atoms. The molecule has 0 radical (unpaired) electrons. The third-order valence-electron chi connectivity index (χ3n) is 7.14. The number of morpholine rings is 1. The number of urea groups is 1. The summed E-state index contributed by atoms with van der Waals surface area (Å²) in [6, 6.07) is 3.56. The third kappa shape index (κ3) is 11.1. The number of ether oxygens (including phenoxy) is 1. The molecule has 0 unspecified atom stereocenters. The molecular formula is C26H45N5O4S. The molecule has 36 heavy (non-hydrogen) atoms. The van der Waals surface area contributed by atoms with Gasteiger partial charge in [0.2, 0.25) is 10.0 Å². The van der Waals surface area contributed by atoms with Crippen molar-refractivity contribution in [3.8, 4) is 0 Å². The van der Waals surface area contributed by atoms with E-state index in [1.54, 1.807) is 16.7 Å². The minimum Gasteiger partial charge on any atom is -0.379 e. The van der Waals surface area contributed by atoms with Gasteiger partial charge in [0.15, 0.2) is 0 Å². The molecule has 1 aliphatic carbocycles. The number of carbonyl (C=O) groups is 1. The molecule has 1 saturated heterocycles. The Balaban J connectivity index is 1.32. The number of sulfonamides is 1. The average Bonchev–Trinajstić information content (AvgIpc) is 2.91. The fourth-order valence-electron chi connectivity index (χ4n) is 4.92. The monoisotopic (exact) mass is 523 g/mol. The van der Waals surface area contributed by atoms with E-state index in [4.69, 9.17) is 4.74 Å². The van der Waals surface area contributed by atoms with Crippen LogP contribution in [0.2, 0.25) is 0 Å². The first kappa shape index (κ1) is 28.8. The van der Waals surface area contributed by atoms with Crippen LogP contribution < -0.4 is 10.6 Å². The topological polar surface area (TPSA) is 104 Å². The van der Waals surface area contributed by atoms with Crippen molar-refractivity contribution in [1.82, 2.24) is 24.8 Å². The maximum absolute atomic E-state index is 13.3. The van der Waals surface area contributed by atoms with Crippen LogP contribution in [-0.2, 0) is 21.3 Å². The number of pyridine rings is 1. The molecular weight excluding hydrogens is 478 g/mol. The van der Waals surface area contributed by atoms with E-state index < -0.39 is 10.0 Å². The quantitative estimate of drug-likeness (QED) is 0.343. The Hall–Kier alpha value is -1.75. The highest BCUT2D eigenvalue weighted by molar-refractivity contribution is 7.89. The van der Waals surface area contributed by atoms with Gasteiger partial charge in [-0.2, -0.15) is 0 Å². The number of nitrogens with one attached hydrogen (secondary N) is 2. The molecule has 0 bridgehead atoms. The zero-order valence-corrected chi connectivity index (χ0v) is 22.5. The van der Waals surface area contributed by atoms with E-state index >= 15 is 0 Å². The van der Waals surface area contributed by atoms with Gasteiger partial charge in [-0.25, -0.2) is 17.5 Å². The van der Waals surface area contributed by atoms with Gasteiger partial charge in [-0.05, 0) is 43.2 Å². The largest absolute Gasteiger partial charge is 0.379 e. The Morgan fingerprint density at radius 3 is 2.61 bits per heavy atom. The molecule has 0 aromatic carbocycles. The SMILES string of the molecule is O=C(NCCCCCCS(=O)(=O)N(CCN1CCOCC1)CC1CCCCC1)NCc1cccnc1. The Labute approximate surface area is 217 Å². The molecule has 1 aliphatic heterocycles. The zero-order valence-electron chi connectivity index (χ0n) is 21.7. The van der Waals surface area contributed by atoms with Gasteiger partial charge in [-0.15, -0.1) is 0 Å². The lowest BCUT2D eigenvalue weighted by Gasteiger charge is -2.32. The molecule has 3 rings (SSSR count). The lowest BCUT2D eigenvalue weighted by atomic mass is 9.89. The van der Waals surface area contributed by atoms with Gasteiger partial charge in [0.1, 0.15) is 0 Å². The number of unbranched alkanes of at least 4 members (excludes halogenated alkanes) is 3. The van der Waals surface area contributed by atoms with Gasteiger partial charge in [-0.3, -0.25) is 9.88 Å². The molecule has 0 atom stereocenters. The highest BCUT2D eigenvalue weighted by Gasteiger charge is 2.26. The molecule has 10 heteroatoms. The Bertz CT molecular complexity index is 843. The Morgan fingerprint density at radius 1 is 1.08 bits per heavy atom. The second-order valence-electron chi connectivity index (χ2n) is 10.0. The second kappa shape index (κ2) is 16.2. The fraction of sp³-hybridized carbons (Fsp3) is 0.769. The Kier molecular flexibility index (Phi) is 12.9. The van der Waals surface area contributed by atoms with Crippen molar-refractivity contribution in [2.24, 2.45) is 5.92 Å². The lowest BCUT2D eigenvalue weighted by Crippen LogP contribution is -2.45. The van der Waals surface area contributed by atoms with Crippen molar-refractivity contribution in [1.29, 1.82) is 0 Å². The predicted molar refractivity (Wildman–Crippen MR) is 142 cm³/mol. The normalized spacial score (nSPS) is 17.8. The van der Waals surface area contributed by atoms with Crippen LogP contribution in [0.1, 0.15) is 63.4 Å². The number of aromatic nitrogens is 1. The van der Waals surface area contributed by atoms with E-state index in [-0.39, 0.29) is 11.8 Å². The fourth-order valence-corrected chi connectivity index (χ4v) is 6.55. The van der Waals surface area contributed by atoms with Crippen LogP contribution in [0.3, 0.4) is 0 Å². The van der Waals surface area contributed by atoms with Gasteiger partial charge in [0.25, 0.3) is 0 Å². The number of amides is 2. The van der Waals surface area contributed by atoms with Crippen molar-refractivity contribution in [3.05, 3.63) is 30.1 Å². The minimum absolute atomic E-state index is 0.194. The highest BCUT2D eigenvalue weighted by atomic mass is 32.2. The van der Waals surface area contributed by atoms with Crippen LogP contribution in [0.15, 0.2) is 24.5 Å². The van der Waals surface area contributed by atoms with Crippen LogP contribution in [0.4, 0.5) is 4.79 Å². The standard InChI is InChI=1S/C26H45N5O4S/c32-26(29-22-25-11-8-12-27-21-25)28-13-6-1-2-7-20-36(33,34)31(23-24-9-4-3-5-10-24)15-14-30-16-18-35-19-17-30/h8,11-12,21,24H,1-7,9-10,13-20,22-23H2,(H2,28,29,32). The molecule has 2 N–H and O–H groups in total. The van der Waals surface area contributed by atoms with Gasteiger partial charge in [0, 0.05) is 58.2 Å². The maximum atomic E-state index is 13.3. The first-order chi connectivity index (χ1) is 17.5. The summed E-state index contributed by atoms with van der Waals surface area (Å²) in [6.45, 7) is 6.29. The number of nitrogens with zero attached hydrogens (tertiary/aromatic N) is 3. The summed E-state index contributed by atoms with van der Waals surface area (Å²) in [4.78, 5) is 18.3. The molecule has 1 saturated carbocycles. The minimum atomic E-state index is -3.27. The summed E-state index contributed by atoms with van der Waals surface area (Å²) in [5.74, 6) is 0.704. The molecule has 9 nitrogen and oxygen atoms in total. The smallest absolute Gasteiger partial charge is 0.315 e. The zero-order chi connectivity index (χ0) is 25.5. The van der Waals surface area contributed by atoms with Crippen molar-refractivity contribution in [2.75, 3.05) is 58.2 Å². The molecule has 1 aromatic rings. The molecule has 2 aliphatic rings. The third-order valence-corrected chi connectivity index (χ3v) is 9.06. The lowest BCUT2D eigenvalue weighted by molar-refractivity contribution is 0.0358. The number of hydrogen-bond acceptors (Lipinski definition) is 6. The van der Waals surface area contributed by atoms with Crippen molar-refractivity contribution >= 4 is 16.1 Å². The first-order valence-electron chi connectivity index (χ1n) is 13.7. The van der Waals surface area contributed by atoms with Gasteiger partial charge < -0.3 is 15.4 Å². The molecule has 1 aromatic heterocycles. The number of carbonyl (C=O) groups excluding carboxylic acids is 1. The van der Waals surface area contributed by atoms with E-state index in [0.29, 0.717) is 38.5 Å². The van der Waals surface area contributed by atoms with Crippen molar-refractivity contribution < 1.29 is 17.9 Å². The van der Waals surface area contributed by atoms with E-state index in [0.717, 1.165) is 70.5 Å². The number of hydrogen-bond donors (Lipinski definition) is 2. The summed E-state index contributed by atoms with van der Waals surface area (Å²) in [6.07, 6.45) is 12.7. The maximum Gasteiger partial charge on any atom is 0.315 e. The van der Waals surface area contributed by atoms with Crippen LogP contribution in [0, 0.1) is 5.92 Å². The summed E-state index contributed by atoms with van der Waals surface area (Å²) in [5, 5.41) is 5.68. The van der Waals surface area contributed by atoms with Crippen LogP contribution in [0.25, 0.3) is 0 Å². The van der Waals surface area contributed by atoms with Gasteiger partial charge in [-0.1, -0.05) is 38.2 Å². The van der Waals surface area contributed by atoms with E-state index in [1.165, 1.54) is 19.3 Å². The van der Waals surface area contributed by atoms with E-state index in [9.17, 15) is 13.2 Å². The second-order valence-corrected chi connectivity index (χ2v) is 12.1. The molecule has 2 amide bonds. The van der Waals surface area contributed by atoms with Crippen LogP contribution in [-0.4, -0.2) is 86.9 Å². The van der Waals surface area contributed by atoms with E-state index in [2.05, 4.69) is 20.5 Å². The average molecular weight is 524 g/mol. The van der Waals surface area contributed by atoms with Crippen LogP contribution >= 0.6 is 0 Å². The summed E-state index contributed by atoms with van der Waals surface area (Å²) in [5.41, 5.74) is 0.955. The van der Waals surface area contributed by atoms with E-state index in [1.807, 2.05) is 12.1 Å². The van der Waals surface area contributed by atoms with Crippen molar-refractivity contribution in [2.45, 2.75) is 64.3 Å². The highest BCUT2D eigenvalue weighted by Crippen LogP contribution is 2.25. The summed E-state index contributed by atoms with van der Waals surface area (Å²) < 4.78 is 33.7. The Morgan fingerprint density at radius 2 is 1.86 bits per heavy atom. The predicted octanol–water partition coefficient (Wildman–Crippen LogP) is 2.99. The summed E-state index contributed by atoms with van der Waals surface area (Å²) >= 11 is 0. The molecule has 2 fully saturated rings. The molecule has 204 valence electrons. The van der Waals surface area contributed by atoms with Gasteiger partial charge >= 0.3 is 6.03 Å². The number of rotatable bonds is 15. The summed E-state index contributed by atoms with van der Waals surface area (Å²) in [7, 11) is -3.27. The van der Waals surface area contributed by atoms with Crippen LogP contribution in [0.5, 0.6) is 0 Å². The van der Waals surface area contributed by atoms with Crippen molar-refractivity contribution in [3.63, 3.8) is 0 Å². The first-order valence-corrected chi connectivity index (χ1v) is 15.3. The molecule has 2 heterocycles. The van der Waals surface area contributed by atoms with Gasteiger partial charge in [0.05, 0.1) is 19.0 Å².